The molecule has 0 bridgehead atoms. The van der Waals surface area contributed by atoms with E-state index in [9.17, 15) is 53.3 Å². The monoisotopic (exact) mass is 808 g/mol. The highest BCUT2D eigenvalue weighted by atomic mass is 32.2. The normalized spacial score (nSPS) is 23.5. The van der Waals surface area contributed by atoms with Crippen molar-refractivity contribution in [2.24, 2.45) is 0 Å². The van der Waals surface area contributed by atoms with E-state index in [1.54, 1.807) is 26.2 Å². The number of carboxylic acids is 1. The van der Waals surface area contributed by atoms with Crippen molar-refractivity contribution in [2.75, 3.05) is 44.9 Å². The number of carboxylic acid groups (broad SMARTS) is 1. The molecule has 0 radical (unpaired) electrons. The van der Waals surface area contributed by atoms with Crippen molar-refractivity contribution in [3.8, 4) is 5.75 Å². The number of fused-ring (bicyclic) bond motifs is 1. The van der Waals surface area contributed by atoms with Gasteiger partial charge in [-0.05, 0) is 37.0 Å². The van der Waals surface area contributed by atoms with Gasteiger partial charge in [0.2, 0.25) is 16.3 Å². The second-order valence-electron chi connectivity index (χ2n) is 13.6. The van der Waals surface area contributed by atoms with Gasteiger partial charge in [-0.15, -0.1) is 0 Å². The van der Waals surface area contributed by atoms with Crippen molar-refractivity contribution >= 4 is 50.7 Å². The standard InChI is InChI=1S/C33H44N8O14S/c1-5-12-56(51,52)36-19-14-20(15-19)39(4)28-21-8-9-40(29(21)35-17-34-28)32(47)37(2)10-11-38(3)33(48)53-16-18-6-7-23(22(13-18)41(49)50)54-31-26(44)24(42)25(43)27(55-31)30(45)46/h6-9,13,17,19-20,24-27,31,36,42-44H,5,10-12,14-16H2,1-4H3,(H,45,46)/t19?,20?,24-,25-,26+,27-,31+/m0/s1. The zero-order valence-corrected chi connectivity index (χ0v) is 31.7. The summed E-state index contributed by atoms with van der Waals surface area (Å²) in [6.45, 7) is 1.53. The fourth-order valence-corrected chi connectivity index (χ4v) is 7.58. The van der Waals surface area contributed by atoms with Crippen LogP contribution in [0.4, 0.5) is 21.1 Å². The van der Waals surface area contributed by atoms with Gasteiger partial charge in [-0.25, -0.2) is 37.5 Å². The summed E-state index contributed by atoms with van der Waals surface area (Å²) in [6.07, 6.45) is -5.93. The lowest BCUT2D eigenvalue weighted by atomic mass is 9.86. The zero-order valence-electron chi connectivity index (χ0n) is 30.9. The molecule has 2 aromatic heterocycles. The minimum atomic E-state index is -3.32. The number of benzene rings is 1. The first-order valence-corrected chi connectivity index (χ1v) is 19.1. The fraction of sp³-hybridized carbons (Fsp3) is 0.545. The van der Waals surface area contributed by atoms with Gasteiger partial charge in [0.15, 0.2) is 17.5 Å². The molecule has 3 aromatic rings. The highest BCUT2D eigenvalue weighted by Crippen LogP contribution is 2.34. The quantitative estimate of drug-likeness (QED) is 0.100. The minimum Gasteiger partial charge on any atom is -0.479 e. The van der Waals surface area contributed by atoms with E-state index in [0.717, 1.165) is 12.1 Å². The number of rotatable bonds is 15. The van der Waals surface area contributed by atoms with Crippen molar-refractivity contribution in [2.45, 2.75) is 75.6 Å². The Bertz CT molecular complexity index is 2040. The number of aliphatic hydroxyl groups excluding tert-OH is 3. The molecule has 2 amide bonds. The smallest absolute Gasteiger partial charge is 0.409 e. The second-order valence-corrected chi connectivity index (χ2v) is 15.5. The van der Waals surface area contributed by atoms with E-state index in [4.69, 9.17) is 14.2 Å². The molecule has 5 rings (SSSR count). The first-order valence-electron chi connectivity index (χ1n) is 17.5. The second kappa shape index (κ2) is 17.3. The third-order valence-electron chi connectivity index (χ3n) is 9.53. The van der Waals surface area contributed by atoms with Gasteiger partial charge in [0, 0.05) is 58.6 Å². The van der Waals surface area contributed by atoms with Crippen molar-refractivity contribution in [3.63, 3.8) is 0 Å². The third-order valence-corrected chi connectivity index (χ3v) is 11.2. The number of carbonyl (C=O) groups excluding carboxylic acids is 2. The summed E-state index contributed by atoms with van der Waals surface area (Å²) in [5.41, 5.74) is -0.122. The Morgan fingerprint density at radius 2 is 1.75 bits per heavy atom. The largest absolute Gasteiger partial charge is 0.479 e. The first-order chi connectivity index (χ1) is 26.4. The van der Waals surface area contributed by atoms with Crippen LogP contribution in [-0.4, -0.2) is 159 Å². The van der Waals surface area contributed by atoms with Crippen molar-refractivity contribution in [3.05, 3.63) is 52.5 Å². The van der Waals surface area contributed by atoms with Crippen LogP contribution in [-0.2, 0) is 30.9 Å². The van der Waals surface area contributed by atoms with E-state index in [2.05, 4.69) is 14.7 Å². The van der Waals surface area contributed by atoms with Crippen LogP contribution in [0, 0.1) is 10.1 Å². The highest BCUT2D eigenvalue weighted by Gasteiger charge is 2.48. The number of aliphatic carboxylic acids is 1. The van der Waals surface area contributed by atoms with Gasteiger partial charge in [-0.3, -0.25) is 14.7 Å². The molecule has 1 aliphatic carbocycles. The Labute approximate surface area is 320 Å². The summed E-state index contributed by atoms with van der Waals surface area (Å²) in [6, 6.07) is 4.60. The Balaban J connectivity index is 1.14. The predicted octanol–water partition coefficient (Wildman–Crippen LogP) is 0.0756. The van der Waals surface area contributed by atoms with Crippen LogP contribution in [0.5, 0.6) is 5.75 Å². The van der Waals surface area contributed by atoms with Gasteiger partial charge in [0.1, 0.15) is 37.1 Å². The number of ether oxygens (including phenoxy) is 3. The van der Waals surface area contributed by atoms with Gasteiger partial charge in [0.05, 0.1) is 16.1 Å². The summed E-state index contributed by atoms with van der Waals surface area (Å²) in [5.74, 6) is -1.46. The lowest BCUT2D eigenvalue weighted by molar-refractivity contribution is -0.387. The molecule has 23 heteroatoms. The van der Waals surface area contributed by atoms with E-state index in [0.29, 0.717) is 36.1 Å². The molecule has 22 nitrogen and oxygen atoms in total. The molecular formula is C33H44N8O14S. The number of hydrogen-bond donors (Lipinski definition) is 5. The van der Waals surface area contributed by atoms with Gasteiger partial charge in [-0.1, -0.05) is 13.0 Å². The predicted molar refractivity (Wildman–Crippen MR) is 194 cm³/mol. The summed E-state index contributed by atoms with van der Waals surface area (Å²) in [5, 5.41) is 51.8. The number of nitrogens with one attached hydrogen (secondary N) is 1. The molecule has 56 heavy (non-hydrogen) atoms. The number of aliphatic hydroxyl groups is 3. The van der Waals surface area contributed by atoms with Crippen LogP contribution < -0.4 is 14.4 Å². The van der Waals surface area contributed by atoms with E-state index < -0.39 is 81.8 Å². The van der Waals surface area contributed by atoms with Gasteiger partial charge >= 0.3 is 23.8 Å². The summed E-state index contributed by atoms with van der Waals surface area (Å²) in [7, 11) is 1.51. The van der Waals surface area contributed by atoms with Crippen LogP contribution in [0.25, 0.3) is 11.0 Å². The summed E-state index contributed by atoms with van der Waals surface area (Å²) < 4.78 is 44.0. The fourth-order valence-electron chi connectivity index (χ4n) is 6.22. The maximum Gasteiger partial charge on any atom is 0.409 e. The van der Waals surface area contributed by atoms with Crippen LogP contribution in [0.3, 0.4) is 0 Å². The molecule has 2 fully saturated rings. The molecule has 306 valence electrons. The maximum atomic E-state index is 13.4. The molecule has 5 atom stereocenters. The van der Waals surface area contributed by atoms with Crippen molar-refractivity contribution in [1.29, 1.82) is 0 Å². The minimum absolute atomic E-state index is 0.0297. The Morgan fingerprint density at radius 1 is 1.05 bits per heavy atom. The molecule has 1 aliphatic heterocycles. The number of anilines is 1. The molecule has 3 heterocycles. The number of aromatic nitrogens is 3. The summed E-state index contributed by atoms with van der Waals surface area (Å²) >= 11 is 0. The number of sulfonamides is 1. The van der Waals surface area contributed by atoms with Crippen molar-refractivity contribution < 1.29 is 62.4 Å². The molecule has 0 spiro atoms. The number of nitrogens with zero attached hydrogens (tertiary/aromatic N) is 7. The Hall–Kier alpha value is -5.20. The van der Waals surface area contributed by atoms with E-state index in [1.165, 1.54) is 33.8 Å². The number of amides is 2. The van der Waals surface area contributed by atoms with Crippen LogP contribution >= 0.6 is 0 Å². The van der Waals surface area contributed by atoms with Gasteiger partial charge in [0.25, 0.3) is 0 Å². The molecule has 2 aliphatic rings. The average molecular weight is 809 g/mol. The number of hydrogen-bond acceptors (Lipinski definition) is 16. The summed E-state index contributed by atoms with van der Waals surface area (Å²) in [4.78, 5) is 61.8. The Kier molecular flexibility index (Phi) is 13.0. The zero-order chi connectivity index (χ0) is 41.1. The van der Waals surface area contributed by atoms with Crippen molar-refractivity contribution in [1.82, 2.24) is 29.1 Å². The van der Waals surface area contributed by atoms with E-state index in [-0.39, 0.29) is 36.5 Å². The van der Waals surface area contributed by atoms with Crippen LogP contribution in [0.2, 0.25) is 0 Å². The molecule has 0 unspecified atom stereocenters. The highest BCUT2D eigenvalue weighted by molar-refractivity contribution is 7.89. The number of nitro benzene ring substituents is 1. The number of likely N-dealkylation sites (N-methyl/N-ethyl adjacent to an activating group) is 2. The third kappa shape index (κ3) is 9.25. The molecule has 1 saturated heterocycles. The SMILES string of the molecule is CCCS(=O)(=O)NC1CC(N(C)c2ncnc3c2ccn3C(=O)N(C)CCN(C)C(=O)OCc2ccc(O[C@@H]3O[C@H](C(=O)O)[C@@H](O)[C@H](O)[C@H]3O)c([N+](=O)[O-])c2)C1. The molecule has 1 saturated carbocycles. The van der Waals surface area contributed by atoms with Gasteiger partial charge in [-0.2, -0.15) is 0 Å². The van der Waals surface area contributed by atoms with E-state index in [1.807, 2.05) is 11.9 Å². The topological polar surface area (TPSA) is 290 Å². The lowest BCUT2D eigenvalue weighted by Gasteiger charge is -2.41. The molecule has 1 aromatic carbocycles. The Morgan fingerprint density at radius 3 is 2.41 bits per heavy atom. The number of carbonyl (C=O) groups is 3. The van der Waals surface area contributed by atoms with E-state index >= 15 is 0 Å². The molecule has 5 N–H and O–H groups in total. The lowest BCUT2D eigenvalue weighted by Crippen LogP contribution is -2.61. The van der Waals surface area contributed by atoms with Gasteiger partial charge < -0.3 is 49.3 Å². The molecular weight excluding hydrogens is 764 g/mol. The first kappa shape index (κ1) is 42.0. The van der Waals surface area contributed by atoms with Crippen LogP contribution in [0.15, 0.2) is 36.8 Å². The van der Waals surface area contributed by atoms with Crippen LogP contribution in [0.1, 0.15) is 31.7 Å². The number of nitro groups is 1. The maximum absolute atomic E-state index is 13.4. The average Bonchev–Trinajstić information content (AvgIpc) is 3.58.